The summed E-state index contributed by atoms with van der Waals surface area (Å²) in [6.07, 6.45) is 1.29. The van der Waals surface area contributed by atoms with Crippen LogP contribution in [0.2, 0.25) is 0 Å². The van der Waals surface area contributed by atoms with Crippen molar-refractivity contribution in [1.82, 2.24) is 9.80 Å². The summed E-state index contributed by atoms with van der Waals surface area (Å²) in [5.74, 6) is 0.534. The van der Waals surface area contributed by atoms with Gasteiger partial charge < -0.3 is 9.80 Å². The van der Waals surface area contributed by atoms with Gasteiger partial charge >= 0.3 is 0 Å². The van der Waals surface area contributed by atoms with E-state index in [9.17, 15) is 9.59 Å². The predicted octanol–water partition coefficient (Wildman–Crippen LogP) is 0.617. The Balaban J connectivity index is 2.28. The summed E-state index contributed by atoms with van der Waals surface area (Å²) in [6, 6.07) is 2.01. The van der Waals surface area contributed by atoms with Crippen molar-refractivity contribution < 1.29 is 9.59 Å². The van der Waals surface area contributed by atoms with Crippen LogP contribution in [0.15, 0.2) is 0 Å². The first-order valence-electron chi connectivity index (χ1n) is 5.93. The van der Waals surface area contributed by atoms with E-state index < -0.39 is 0 Å². The Hall–Kier alpha value is -1.57. The summed E-state index contributed by atoms with van der Waals surface area (Å²) in [5.41, 5.74) is 0. The van der Waals surface area contributed by atoms with Crippen molar-refractivity contribution in [2.24, 2.45) is 5.92 Å². The van der Waals surface area contributed by atoms with Gasteiger partial charge in [0.15, 0.2) is 0 Å². The molecule has 0 N–H and O–H groups in total. The lowest BCUT2D eigenvalue weighted by Gasteiger charge is -2.19. The van der Waals surface area contributed by atoms with Crippen LogP contribution >= 0.6 is 0 Å². The van der Waals surface area contributed by atoms with Crippen LogP contribution in [0.5, 0.6) is 0 Å². The Morgan fingerprint density at radius 2 is 2.35 bits per heavy atom. The van der Waals surface area contributed by atoms with Gasteiger partial charge in [-0.1, -0.05) is 6.92 Å². The molecule has 0 aromatic heterocycles. The molecule has 94 valence electrons. The number of likely N-dealkylation sites (tertiary alicyclic amines) is 1. The molecule has 0 radical (unpaired) electrons. The van der Waals surface area contributed by atoms with Crippen molar-refractivity contribution in [1.29, 1.82) is 5.26 Å². The van der Waals surface area contributed by atoms with E-state index in [1.54, 1.807) is 16.8 Å². The van der Waals surface area contributed by atoms with Gasteiger partial charge in [0, 0.05) is 39.5 Å². The average Bonchev–Trinajstić information content (AvgIpc) is 2.61. The average molecular weight is 237 g/mol. The lowest BCUT2D eigenvalue weighted by atomic mass is 10.2. The smallest absolute Gasteiger partial charge is 0.224 e. The van der Waals surface area contributed by atoms with Crippen LogP contribution in [0.1, 0.15) is 26.2 Å². The van der Waals surface area contributed by atoms with Crippen LogP contribution in [-0.4, -0.2) is 48.3 Å². The zero-order valence-corrected chi connectivity index (χ0v) is 10.5. The molecule has 1 fully saturated rings. The minimum atomic E-state index is -0.00685. The molecule has 0 aliphatic carbocycles. The van der Waals surface area contributed by atoms with Crippen molar-refractivity contribution in [3.05, 3.63) is 0 Å². The fraction of sp³-hybridized carbons (Fsp3) is 0.750. The fourth-order valence-electron chi connectivity index (χ4n) is 1.95. The number of nitrogens with zero attached hydrogens (tertiary/aromatic N) is 3. The molecule has 5 heteroatoms. The Bertz CT molecular complexity index is 335. The van der Waals surface area contributed by atoms with E-state index in [2.05, 4.69) is 0 Å². The van der Waals surface area contributed by atoms with Gasteiger partial charge in [-0.3, -0.25) is 9.59 Å². The number of hydrogen-bond acceptors (Lipinski definition) is 3. The standard InChI is InChI=1S/C12H19N3O2/c1-10-8-12(17)15(9-10)7-4-11(16)14(2)6-3-5-13/h10H,3-4,6-9H2,1-2H3. The van der Waals surface area contributed by atoms with Crippen molar-refractivity contribution in [3.8, 4) is 6.07 Å². The second kappa shape index (κ2) is 6.24. The molecule has 2 amide bonds. The van der Waals surface area contributed by atoms with Crippen molar-refractivity contribution in [2.75, 3.05) is 26.7 Å². The number of nitriles is 1. The van der Waals surface area contributed by atoms with Gasteiger partial charge in [0.2, 0.25) is 11.8 Å². The van der Waals surface area contributed by atoms with Crippen molar-refractivity contribution in [3.63, 3.8) is 0 Å². The van der Waals surface area contributed by atoms with Crippen LogP contribution in [-0.2, 0) is 9.59 Å². The van der Waals surface area contributed by atoms with Gasteiger partial charge in [0.1, 0.15) is 0 Å². The number of rotatable bonds is 5. The summed E-state index contributed by atoms with van der Waals surface area (Å²) < 4.78 is 0. The molecular formula is C12H19N3O2. The predicted molar refractivity (Wildman–Crippen MR) is 62.8 cm³/mol. The summed E-state index contributed by atoms with van der Waals surface area (Å²) in [7, 11) is 1.69. The molecule has 0 aromatic carbocycles. The van der Waals surface area contributed by atoms with Gasteiger partial charge in [-0.25, -0.2) is 0 Å². The first kappa shape index (κ1) is 13.5. The van der Waals surface area contributed by atoms with E-state index in [-0.39, 0.29) is 11.8 Å². The highest BCUT2D eigenvalue weighted by Gasteiger charge is 2.26. The van der Waals surface area contributed by atoms with Crippen LogP contribution in [0, 0.1) is 17.2 Å². The van der Waals surface area contributed by atoms with Gasteiger partial charge in [0.05, 0.1) is 12.5 Å². The molecule has 1 unspecified atom stereocenters. The minimum Gasteiger partial charge on any atom is -0.345 e. The lowest BCUT2D eigenvalue weighted by molar-refractivity contribution is -0.131. The summed E-state index contributed by atoms with van der Waals surface area (Å²) in [5, 5.41) is 8.42. The highest BCUT2D eigenvalue weighted by Crippen LogP contribution is 2.16. The minimum absolute atomic E-state index is 0.00685. The van der Waals surface area contributed by atoms with E-state index >= 15 is 0 Å². The quantitative estimate of drug-likeness (QED) is 0.704. The molecule has 1 atom stereocenters. The second-order valence-corrected chi connectivity index (χ2v) is 4.62. The molecule has 0 spiro atoms. The van der Waals surface area contributed by atoms with Gasteiger partial charge in [-0.05, 0) is 5.92 Å². The molecule has 17 heavy (non-hydrogen) atoms. The number of carbonyl (C=O) groups is 2. The van der Waals surface area contributed by atoms with E-state index in [0.717, 1.165) is 6.54 Å². The van der Waals surface area contributed by atoms with E-state index in [0.29, 0.717) is 38.3 Å². The number of hydrogen-bond donors (Lipinski definition) is 0. The normalized spacial score (nSPS) is 19.2. The molecule has 0 bridgehead atoms. The van der Waals surface area contributed by atoms with Crippen LogP contribution in [0.4, 0.5) is 0 Å². The van der Waals surface area contributed by atoms with Crippen molar-refractivity contribution >= 4 is 11.8 Å². The Kier molecular flexibility index (Phi) is 4.95. The van der Waals surface area contributed by atoms with Crippen molar-refractivity contribution in [2.45, 2.75) is 26.2 Å². The third-order valence-corrected chi connectivity index (χ3v) is 2.99. The summed E-state index contributed by atoms with van der Waals surface area (Å²) in [6.45, 7) is 3.76. The molecule has 1 heterocycles. The number of amides is 2. The zero-order chi connectivity index (χ0) is 12.8. The van der Waals surface area contributed by atoms with E-state index in [1.165, 1.54) is 0 Å². The summed E-state index contributed by atoms with van der Waals surface area (Å²) >= 11 is 0. The van der Waals surface area contributed by atoms with Crippen LogP contribution in [0.3, 0.4) is 0 Å². The van der Waals surface area contributed by atoms with Gasteiger partial charge in [-0.15, -0.1) is 0 Å². The Labute approximate surface area is 102 Å². The molecular weight excluding hydrogens is 218 g/mol. The molecule has 1 rings (SSSR count). The van der Waals surface area contributed by atoms with Gasteiger partial charge in [-0.2, -0.15) is 5.26 Å². The fourth-order valence-corrected chi connectivity index (χ4v) is 1.95. The first-order chi connectivity index (χ1) is 8.04. The zero-order valence-electron chi connectivity index (χ0n) is 10.5. The monoisotopic (exact) mass is 237 g/mol. The molecule has 1 aliphatic heterocycles. The number of carbonyl (C=O) groups excluding carboxylic acids is 2. The third kappa shape index (κ3) is 4.06. The highest BCUT2D eigenvalue weighted by atomic mass is 16.2. The Morgan fingerprint density at radius 3 is 2.88 bits per heavy atom. The third-order valence-electron chi connectivity index (χ3n) is 2.99. The topological polar surface area (TPSA) is 64.4 Å². The van der Waals surface area contributed by atoms with Crippen LogP contribution < -0.4 is 0 Å². The first-order valence-corrected chi connectivity index (χ1v) is 5.93. The molecule has 1 aliphatic rings. The van der Waals surface area contributed by atoms with E-state index in [1.807, 2.05) is 13.0 Å². The molecule has 0 saturated carbocycles. The molecule has 1 saturated heterocycles. The molecule has 0 aromatic rings. The maximum atomic E-state index is 11.7. The lowest BCUT2D eigenvalue weighted by Crippen LogP contribution is -2.33. The SMILES string of the molecule is CC1CC(=O)N(CCC(=O)N(C)CCC#N)C1. The largest absolute Gasteiger partial charge is 0.345 e. The van der Waals surface area contributed by atoms with E-state index in [4.69, 9.17) is 5.26 Å². The second-order valence-electron chi connectivity index (χ2n) is 4.62. The summed E-state index contributed by atoms with van der Waals surface area (Å²) in [4.78, 5) is 26.5. The van der Waals surface area contributed by atoms with Gasteiger partial charge in [0.25, 0.3) is 0 Å². The maximum Gasteiger partial charge on any atom is 0.224 e. The highest BCUT2D eigenvalue weighted by molar-refractivity contribution is 5.80. The maximum absolute atomic E-state index is 11.7. The Morgan fingerprint density at radius 1 is 1.65 bits per heavy atom. The van der Waals surface area contributed by atoms with Crippen LogP contribution in [0.25, 0.3) is 0 Å². The molecule has 5 nitrogen and oxygen atoms in total.